The van der Waals surface area contributed by atoms with E-state index >= 15 is 0 Å². The molecule has 1 aliphatic rings. The van der Waals surface area contributed by atoms with Crippen molar-refractivity contribution in [3.05, 3.63) is 101 Å². The third-order valence-electron chi connectivity index (χ3n) is 7.38. The van der Waals surface area contributed by atoms with E-state index in [-0.39, 0.29) is 10.3 Å². The van der Waals surface area contributed by atoms with Gasteiger partial charge in [-0.05, 0) is 78.8 Å². The summed E-state index contributed by atoms with van der Waals surface area (Å²) in [5.41, 5.74) is 3.30. The van der Waals surface area contributed by atoms with Crippen LogP contribution in [0.5, 0.6) is 0 Å². The SMILES string of the molecule is Cc1ccc(S(=O)(=O)N[C@H](C)[C@@H](O[S+]([O-])N=C(CC(C)C)C2(c3ccc(Cl)cc3)CCC2)c2ccccc2)cc1. The van der Waals surface area contributed by atoms with E-state index in [9.17, 15) is 13.0 Å². The zero-order valence-electron chi connectivity index (χ0n) is 23.3. The molecule has 0 aromatic heterocycles. The quantitative estimate of drug-likeness (QED) is 0.175. The summed E-state index contributed by atoms with van der Waals surface area (Å²) in [5, 5.41) is 0.667. The second-order valence-electron chi connectivity index (χ2n) is 10.9. The second-order valence-corrected chi connectivity index (χ2v) is 13.9. The molecule has 0 amide bonds. The Morgan fingerprint density at radius 1 is 1.02 bits per heavy atom. The smallest absolute Gasteiger partial charge is 0.271 e. The molecular weight excluding hydrogens is 564 g/mol. The molecule has 0 aliphatic heterocycles. The minimum atomic E-state index is -3.84. The maximum Gasteiger partial charge on any atom is 0.271 e. The summed E-state index contributed by atoms with van der Waals surface area (Å²) in [4.78, 5) is 0.157. The van der Waals surface area contributed by atoms with Gasteiger partial charge in [-0.3, -0.25) is 0 Å². The minimum absolute atomic E-state index is 0.157. The molecule has 0 bridgehead atoms. The molecule has 3 aromatic carbocycles. The van der Waals surface area contributed by atoms with Crippen LogP contribution in [0.4, 0.5) is 0 Å². The molecule has 3 aromatic rings. The monoisotopic (exact) mass is 600 g/mol. The summed E-state index contributed by atoms with van der Waals surface area (Å²) in [6.07, 6.45) is 2.71. The van der Waals surface area contributed by atoms with Crippen molar-refractivity contribution in [1.29, 1.82) is 0 Å². The molecule has 214 valence electrons. The van der Waals surface area contributed by atoms with E-state index < -0.39 is 33.8 Å². The van der Waals surface area contributed by atoms with Crippen LogP contribution in [0.3, 0.4) is 0 Å². The van der Waals surface area contributed by atoms with Gasteiger partial charge in [0, 0.05) is 10.4 Å². The Morgan fingerprint density at radius 3 is 2.20 bits per heavy atom. The van der Waals surface area contributed by atoms with Gasteiger partial charge in [-0.2, -0.15) is 0 Å². The first-order valence-electron chi connectivity index (χ1n) is 13.6. The van der Waals surface area contributed by atoms with Gasteiger partial charge in [0.2, 0.25) is 10.0 Å². The molecule has 4 rings (SSSR count). The number of aryl methyl sites for hydroxylation is 1. The van der Waals surface area contributed by atoms with Crippen molar-refractivity contribution < 1.29 is 17.2 Å². The maximum atomic E-state index is 13.6. The van der Waals surface area contributed by atoms with E-state index in [0.717, 1.165) is 36.1 Å². The first-order valence-corrected chi connectivity index (χ1v) is 16.5. The molecular formula is C31H37ClN2O4S2. The summed E-state index contributed by atoms with van der Waals surface area (Å²) < 4.78 is 53.3. The molecule has 6 nitrogen and oxygen atoms in total. The first kappa shape index (κ1) is 30.8. The summed E-state index contributed by atoms with van der Waals surface area (Å²) in [7, 11) is -3.84. The lowest BCUT2D eigenvalue weighted by Crippen LogP contribution is -2.44. The Labute approximate surface area is 246 Å². The van der Waals surface area contributed by atoms with Crippen LogP contribution in [0, 0.1) is 12.8 Å². The van der Waals surface area contributed by atoms with Crippen molar-refractivity contribution in [2.24, 2.45) is 10.3 Å². The van der Waals surface area contributed by atoms with Gasteiger partial charge < -0.3 is 4.55 Å². The lowest BCUT2D eigenvalue weighted by molar-refractivity contribution is 0.180. The molecule has 1 N–H and O–H groups in total. The van der Waals surface area contributed by atoms with E-state index in [1.54, 1.807) is 31.2 Å². The van der Waals surface area contributed by atoms with E-state index in [1.165, 1.54) is 0 Å². The number of rotatable bonds is 12. The van der Waals surface area contributed by atoms with Gasteiger partial charge in [-0.25, -0.2) is 13.1 Å². The number of halogens is 1. The molecule has 1 aliphatic carbocycles. The van der Waals surface area contributed by atoms with Crippen LogP contribution < -0.4 is 4.72 Å². The molecule has 0 spiro atoms. The average Bonchev–Trinajstić information content (AvgIpc) is 2.88. The lowest BCUT2D eigenvalue weighted by Gasteiger charge is -2.43. The van der Waals surface area contributed by atoms with Gasteiger partial charge >= 0.3 is 0 Å². The van der Waals surface area contributed by atoms with Crippen LogP contribution in [0.2, 0.25) is 5.02 Å². The number of nitrogens with one attached hydrogen (secondary N) is 1. The summed E-state index contributed by atoms with van der Waals surface area (Å²) in [6, 6.07) is 22.9. The standard InChI is InChI=1S/C31H37ClN2O4S2/c1-22(2)21-29(31(19-8-20-31)26-13-15-27(32)16-14-26)33-39(35)38-30(25-9-6-5-7-10-25)24(4)34-40(36,37)28-17-11-23(3)12-18-28/h5-7,9-18,22,24,30,34H,8,19-21H2,1-4H3/t24-,30-,39?/m1/s1. The number of sulfonamides is 1. The van der Waals surface area contributed by atoms with E-state index in [1.807, 2.05) is 61.5 Å². The van der Waals surface area contributed by atoms with Gasteiger partial charge in [0.05, 0.1) is 16.6 Å². The molecule has 3 atom stereocenters. The molecule has 1 unspecified atom stereocenters. The van der Waals surface area contributed by atoms with E-state index in [0.29, 0.717) is 22.9 Å². The minimum Gasteiger partial charge on any atom is -0.559 e. The Bertz CT molecular complexity index is 1390. The van der Waals surface area contributed by atoms with Gasteiger partial charge in [-0.15, -0.1) is 4.18 Å². The van der Waals surface area contributed by atoms with Crippen molar-refractivity contribution in [2.75, 3.05) is 0 Å². The Kier molecular flexibility index (Phi) is 10.1. The van der Waals surface area contributed by atoms with Gasteiger partial charge in [0.25, 0.3) is 11.6 Å². The van der Waals surface area contributed by atoms with Crippen LogP contribution in [-0.4, -0.2) is 24.7 Å². The van der Waals surface area contributed by atoms with E-state index in [4.69, 9.17) is 15.8 Å². The average molecular weight is 601 g/mol. The summed E-state index contributed by atoms with van der Waals surface area (Å²) >= 11 is 4.10. The zero-order chi connectivity index (χ0) is 28.9. The molecule has 0 heterocycles. The van der Waals surface area contributed by atoms with Crippen LogP contribution in [0.15, 0.2) is 88.2 Å². The number of hydrogen-bond acceptors (Lipinski definition) is 5. The van der Waals surface area contributed by atoms with Crippen molar-refractivity contribution in [2.45, 2.75) is 75.8 Å². The van der Waals surface area contributed by atoms with Gasteiger partial charge in [-0.1, -0.05) is 92.0 Å². The molecule has 0 saturated heterocycles. The fourth-order valence-corrected chi connectivity index (χ4v) is 7.41. The fraction of sp³-hybridized carbons (Fsp3) is 0.387. The van der Waals surface area contributed by atoms with Crippen LogP contribution in [0.25, 0.3) is 0 Å². The predicted molar refractivity (Wildman–Crippen MR) is 163 cm³/mol. The highest BCUT2D eigenvalue weighted by atomic mass is 35.5. The Morgan fingerprint density at radius 2 is 1.65 bits per heavy atom. The summed E-state index contributed by atoms with van der Waals surface area (Å²) in [5.74, 6) is 0.297. The highest BCUT2D eigenvalue weighted by molar-refractivity contribution is 7.89. The van der Waals surface area contributed by atoms with Gasteiger partial charge in [0.1, 0.15) is 0 Å². The van der Waals surface area contributed by atoms with E-state index in [2.05, 4.69) is 23.0 Å². The van der Waals surface area contributed by atoms with Crippen molar-refractivity contribution >= 4 is 39.0 Å². The second kappa shape index (κ2) is 13.2. The highest BCUT2D eigenvalue weighted by Crippen LogP contribution is 2.47. The zero-order valence-corrected chi connectivity index (χ0v) is 25.7. The number of hydrogen-bond donors (Lipinski definition) is 1. The Balaban J connectivity index is 1.63. The fourth-order valence-electron chi connectivity index (χ4n) is 5.11. The Hall–Kier alpha value is -2.20. The number of benzene rings is 3. The summed E-state index contributed by atoms with van der Waals surface area (Å²) in [6.45, 7) is 7.83. The third kappa shape index (κ3) is 7.35. The normalized spacial score (nSPS) is 17.7. The lowest BCUT2D eigenvalue weighted by atomic mass is 9.60. The molecule has 40 heavy (non-hydrogen) atoms. The van der Waals surface area contributed by atoms with Crippen molar-refractivity contribution in [3.63, 3.8) is 0 Å². The van der Waals surface area contributed by atoms with Crippen molar-refractivity contribution in [1.82, 2.24) is 4.72 Å². The molecule has 1 fully saturated rings. The number of nitrogens with zero attached hydrogens (tertiary/aromatic N) is 1. The van der Waals surface area contributed by atoms with Crippen molar-refractivity contribution in [3.8, 4) is 0 Å². The maximum absolute atomic E-state index is 13.6. The highest BCUT2D eigenvalue weighted by Gasteiger charge is 2.45. The van der Waals surface area contributed by atoms with Crippen LogP contribution in [0.1, 0.15) is 69.2 Å². The van der Waals surface area contributed by atoms with Crippen LogP contribution >= 0.6 is 11.6 Å². The molecule has 9 heteroatoms. The largest absolute Gasteiger partial charge is 0.559 e. The predicted octanol–water partition coefficient (Wildman–Crippen LogP) is 7.26. The molecule has 0 radical (unpaired) electrons. The topological polar surface area (TPSA) is 90.8 Å². The first-order chi connectivity index (χ1) is 19.0. The third-order valence-corrected chi connectivity index (χ3v) is 9.95. The van der Waals surface area contributed by atoms with Crippen LogP contribution in [-0.2, 0) is 31.3 Å². The molecule has 1 saturated carbocycles. The van der Waals surface area contributed by atoms with Gasteiger partial charge in [0.15, 0.2) is 6.10 Å².